The molecule has 0 aliphatic heterocycles. The lowest BCUT2D eigenvalue weighted by Gasteiger charge is -2.29. The normalized spacial score (nSPS) is 13.8. The first-order valence-electron chi connectivity index (χ1n) is 32.2. The molecular formula is C69H80IN13O17S. The molecule has 0 heterocycles. The first-order valence-corrected chi connectivity index (χ1v) is 34.7. The molecular weight excluding hydrogens is 1440 g/mol. The van der Waals surface area contributed by atoms with Crippen molar-refractivity contribution in [1.29, 1.82) is 0 Å². The van der Waals surface area contributed by atoms with Gasteiger partial charge in [-0.1, -0.05) is 60.7 Å². The van der Waals surface area contributed by atoms with Gasteiger partial charge in [0.2, 0.25) is 41.4 Å². The lowest BCUT2D eigenvalue weighted by Crippen LogP contribution is -2.61. The number of carboxylic acids is 3. The van der Waals surface area contributed by atoms with Gasteiger partial charge in [-0.25, -0.2) is 4.79 Å². The van der Waals surface area contributed by atoms with E-state index >= 15 is 0 Å². The number of fused-ring (bicyclic) bond motifs is 2. The highest BCUT2D eigenvalue weighted by Gasteiger charge is 2.39. The number of amides is 8. The van der Waals surface area contributed by atoms with Crippen molar-refractivity contribution in [2.24, 2.45) is 21.9 Å². The number of carbonyl (C=O) groups excluding carboxylic acids is 8. The van der Waals surface area contributed by atoms with Crippen LogP contribution in [-0.2, 0) is 77.3 Å². The zero-order chi connectivity index (χ0) is 73.3. The summed E-state index contributed by atoms with van der Waals surface area (Å²) in [4.78, 5) is 148. The zero-order valence-electron chi connectivity index (χ0n) is 55.2. The summed E-state index contributed by atoms with van der Waals surface area (Å²) in [6.45, 7) is -0.433. The van der Waals surface area contributed by atoms with E-state index in [0.29, 0.717) is 40.0 Å². The third kappa shape index (κ3) is 24.5. The van der Waals surface area contributed by atoms with Gasteiger partial charge in [-0.15, -0.1) is 0 Å². The van der Waals surface area contributed by atoms with Gasteiger partial charge in [0.05, 0.1) is 30.4 Å². The largest absolute Gasteiger partial charge is 0.481 e. The van der Waals surface area contributed by atoms with Gasteiger partial charge in [0.1, 0.15) is 35.1 Å². The van der Waals surface area contributed by atoms with Crippen molar-refractivity contribution in [2.75, 3.05) is 50.5 Å². The smallest absolute Gasteiger partial charge is 0.326 e. The Balaban J connectivity index is 0.940. The molecule has 6 atom stereocenters. The van der Waals surface area contributed by atoms with E-state index in [9.17, 15) is 81.0 Å². The number of rotatable bonds is 38. The molecule has 6 aromatic rings. The Morgan fingerprint density at radius 2 is 1.18 bits per heavy atom. The fraction of sp³-hybridized carbons (Fsp3) is 0.348. The molecule has 0 radical (unpaired) electrons. The van der Waals surface area contributed by atoms with Crippen LogP contribution in [0.2, 0.25) is 0 Å². The maximum Gasteiger partial charge on any atom is 0.326 e. The number of nitrogens with zero attached hydrogens (tertiary/aromatic N) is 3. The first kappa shape index (κ1) is 77.9. The van der Waals surface area contributed by atoms with Crippen LogP contribution in [0.25, 0.3) is 10.8 Å². The molecule has 7 rings (SSSR count). The quantitative estimate of drug-likeness (QED) is 0.0113. The van der Waals surface area contributed by atoms with Gasteiger partial charge in [0, 0.05) is 84.3 Å². The Hall–Kier alpha value is -10.5. The predicted molar refractivity (Wildman–Crippen MR) is 380 cm³/mol. The number of carbonyl (C=O) groups is 11. The molecule has 1 aliphatic carbocycles. The van der Waals surface area contributed by atoms with Crippen molar-refractivity contribution in [3.63, 3.8) is 0 Å². The summed E-state index contributed by atoms with van der Waals surface area (Å²) in [6.07, 6.45) is -2.10. The summed E-state index contributed by atoms with van der Waals surface area (Å²) in [6, 6.07) is 27.6. The highest BCUT2D eigenvalue weighted by atomic mass is 127. The molecule has 0 spiro atoms. The topological polar surface area (TPSA) is 465 Å². The summed E-state index contributed by atoms with van der Waals surface area (Å²) in [5, 5.41) is 62.1. The number of unbranched alkanes of at least 4 members (excludes halogenated alkanes) is 1. The van der Waals surface area contributed by atoms with Crippen LogP contribution in [-0.4, -0.2) is 170 Å². The molecule has 30 nitrogen and oxygen atoms in total. The number of hydrogen-bond donors (Lipinski definition) is 14. The van der Waals surface area contributed by atoms with Crippen molar-refractivity contribution < 1.29 is 81.0 Å². The van der Waals surface area contributed by atoms with Crippen LogP contribution in [0.5, 0.6) is 0 Å². The second kappa shape index (κ2) is 37.7. The molecule has 1 aliphatic rings. The highest BCUT2D eigenvalue weighted by molar-refractivity contribution is 14.1. The minimum absolute atomic E-state index is 0.0880. The summed E-state index contributed by atoms with van der Waals surface area (Å²) in [7, 11) is -0.663. The summed E-state index contributed by atoms with van der Waals surface area (Å²) in [5.74, 6) is -12.1. The van der Waals surface area contributed by atoms with Crippen molar-refractivity contribution in [1.82, 2.24) is 42.5 Å². The number of halogens is 1. The lowest BCUT2D eigenvalue weighted by molar-refractivity contribution is -0.143. The fourth-order valence-electron chi connectivity index (χ4n) is 11.0. The molecule has 536 valence electrons. The van der Waals surface area contributed by atoms with E-state index < -0.39 is 143 Å². The van der Waals surface area contributed by atoms with Gasteiger partial charge in [-0.3, -0.25) is 52.5 Å². The van der Waals surface area contributed by atoms with E-state index in [1.807, 2.05) is 43.3 Å². The fourth-order valence-corrected chi connectivity index (χ4v) is 12.1. The number of benzene rings is 6. The van der Waals surface area contributed by atoms with Gasteiger partial charge >= 0.3 is 17.9 Å². The molecule has 15 N–H and O–H groups in total. The molecule has 0 fully saturated rings. The van der Waals surface area contributed by atoms with Crippen LogP contribution in [0.15, 0.2) is 149 Å². The number of nitrogens with one attached hydrogen (secondary N) is 9. The SMILES string of the molecule is CN(C)c1ccc(N=Nc2ccc(C(=O)NCCCC[C@H](NC(=O)CNC(=O)[C@H](CC(=O)O)NC(=O)[C@@H](NC(=O)[C@H](CCC(=O)O)NC(=O)[C@H](Cc3ccc(I)cc3)NC(=O)[C@@H](N)CCC(=O)NCCNc3cccc4c(S(=O)(=O)O)cccc34)C3Cc4ccccc4C3)C(=O)O)cc2)cc1. The number of nitrogens with two attached hydrogens (primary N) is 1. The lowest BCUT2D eigenvalue weighted by atomic mass is 9.94. The molecule has 6 aromatic carbocycles. The Morgan fingerprint density at radius 1 is 0.564 bits per heavy atom. The van der Waals surface area contributed by atoms with E-state index in [1.54, 1.807) is 91.0 Å². The van der Waals surface area contributed by atoms with Gasteiger partial charge in [0.15, 0.2) is 0 Å². The maximum absolute atomic E-state index is 14.6. The second-order valence-corrected chi connectivity index (χ2v) is 26.7. The van der Waals surface area contributed by atoms with Gasteiger partial charge in [-0.2, -0.15) is 18.6 Å². The summed E-state index contributed by atoms with van der Waals surface area (Å²) >= 11 is 2.07. The van der Waals surface area contributed by atoms with E-state index in [1.165, 1.54) is 18.2 Å². The molecule has 0 bridgehead atoms. The average Bonchev–Trinajstić information content (AvgIpc) is 1.75. The van der Waals surface area contributed by atoms with E-state index in [-0.39, 0.29) is 74.9 Å². The number of carboxylic acid groups (broad SMARTS) is 3. The Bertz CT molecular complexity index is 4100. The van der Waals surface area contributed by atoms with Crippen molar-refractivity contribution in [3.05, 3.63) is 159 Å². The van der Waals surface area contributed by atoms with Gasteiger partial charge in [0.25, 0.3) is 16.0 Å². The van der Waals surface area contributed by atoms with Gasteiger partial charge in [-0.05, 0) is 163 Å². The molecule has 0 saturated heterocycles. The van der Waals surface area contributed by atoms with Crippen molar-refractivity contribution >= 4 is 131 Å². The summed E-state index contributed by atoms with van der Waals surface area (Å²) in [5.41, 5.74) is 11.4. The van der Waals surface area contributed by atoms with Crippen LogP contribution in [0.3, 0.4) is 0 Å². The van der Waals surface area contributed by atoms with Crippen LogP contribution in [0.1, 0.15) is 78.4 Å². The Kier molecular flexibility index (Phi) is 29.0. The van der Waals surface area contributed by atoms with E-state index in [0.717, 1.165) is 20.4 Å². The van der Waals surface area contributed by atoms with Crippen LogP contribution in [0.4, 0.5) is 22.7 Å². The molecule has 0 aromatic heterocycles. The zero-order valence-corrected chi connectivity index (χ0v) is 58.1. The molecule has 101 heavy (non-hydrogen) atoms. The third-order valence-corrected chi connectivity index (χ3v) is 18.0. The molecule has 0 saturated carbocycles. The van der Waals surface area contributed by atoms with Gasteiger partial charge < -0.3 is 73.8 Å². The number of hydrogen-bond acceptors (Lipinski definition) is 18. The third-order valence-electron chi connectivity index (χ3n) is 16.4. The second-order valence-electron chi connectivity index (χ2n) is 24.1. The minimum Gasteiger partial charge on any atom is -0.481 e. The molecule has 8 amide bonds. The average molecular weight is 1520 g/mol. The van der Waals surface area contributed by atoms with E-state index in [4.69, 9.17) is 5.73 Å². The van der Waals surface area contributed by atoms with Crippen LogP contribution >= 0.6 is 22.6 Å². The molecule has 32 heteroatoms. The Morgan fingerprint density at radius 3 is 1.80 bits per heavy atom. The predicted octanol–water partition coefficient (Wildman–Crippen LogP) is 4.03. The monoisotopic (exact) mass is 1520 g/mol. The van der Waals surface area contributed by atoms with E-state index in [2.05, 4.69) is 80.7 Å². The minimum atomic E-state index is -4.51. The number of azo groups is 1. The maximum atomic E-state index is 14.6. The van der Waals surface area contributed by atoms with Crippen molar-refractivity contribution in [2.45, 2.75) is 112 Å². The van der Waals surface area contributed by atoms with Crippen LogP contribution in [0, 0.1) is 9.49 Å². The highest BCUT2D eigenvalue weighted by Crippen LogP contribution is 2.31. The standard InChI is InChI=1S/C69H80IN13O17S/c1-83(2)48-26-24-47(25-27-48)82-81-46-22-18-41(19-23-46)63(90)74-32-6-5-13-54(69(96)97)76-59(85)39-75-65(92)56(38-61(88)89)79-68(95)62(44-36-42-9-3-4-10-43(42)37-44)80-66(93)53(29-31-60(86)87)77-67(94)55(35-40-16-20-45(70)21-17-40)78-64(91)51(71)28-30-58(84)73-34-33-72-52-14-7-12-50-49(52)11-8-15-57(50)101(98,99)100/h3-4,7-12,14-27,44,51,53-56,62,72H,5-6,13,28-39,71H2,1-2H3,(H,73,84)(H,74,90)(H,75,92)(H,76,85)(H,77,94)(H,78,91)(H,79,95)(H,80,93)(H,86,87)(H,88,89)(H,96,97)(H,98,99,100)/t51-,53-,54-,55-,56-,62-/m0/s1. The first-order chi connectivity index (χ1) is 48.1. The number of anilines is 2. The summed E-state index contributed by atoms with van der Waals surface area (Å²) < 4.78 is 34.4. The van der Waals surface area contributed by atoms with Crippen molar-refractivity contribution in [3.8, 4) is 0 Å². The van der Waals surface area contributed by atoms with Crippen LogP contribution < -0.4 is 58.5 Å². The number of aliphatic carboxylic acids is 3. The Labute approximate surface area is 595 Å². The molecule has 0 unspecified atom stereocenters.